The van der Waals surface area contributed by atoms with Crippen LogP contribution in [-0.2, 0) is 13.0 Å². The minimum absolute atomic E-state index is 0.165. The molecule has 3 N–H and O–H groups in total. The Labute approximate surface area is 182 Å². The largest absolute Gasteiger partial charge is 0.478 e. The lowest BCUT2D eigenvalue weighted by Crippen LogP contribution is -2.23. The molecule has 0 spiro atoms. The number of carboxylic acid groups (broad SMARTS) is 1. The summed E-state index contributed by atoms with van der Waals surface area (Å²) in [4.78, 5) is 39.8. The van der Waals surface area contributed by atoms with Crippen LogP contribution in [0.1, 0.15) is 26.3 Å². The molecular formula is C24H19N3O5. The van der Waals surface area contributed by atoms with Gasteiger partial charge in [-0.25, -0.2) is 15.3 Å². The van der Waals surface area contributed by atoms with Gasteiger partial charge in [0.15, 0.2) is 0 Å². The second kappa shape index (κ2) is 8.83. The van der Waals surface area contributed by atoms with Gasteiger partial charge in [0, 0.05) is 12.1 Å². The zero-order chi connectivity index (χ0) is 22.7. The number of benzene rings is 3. The van der Waals surface area contributed by atoms with Crippen molar-refractivity contribution in [1.29, 1.82) is 0 Å². The zero-order valence-corrected chi connectivity index (χ0v) is 16.9. The molecule has 0 saturated heterocycles. The fraction of sp³-hybridized carbons (Fsp3) is 0.0833. The van der Waals surface area contributed by atoms with Gasteiger partial charge in [0.05, 0.1) is 22.8 Å². The fourth-order valence-electron chi connectivity index (χ4n) is 3.49. The predicted octanol–water partition coefficient (Wildman–Crippen LogP) is 3.12. The van der Waals surface area contributed by atoms with Gasteiger partial charge < -0.3 is 5.11 Å². The topological polar surface area (TPSA) is 122 Å². The number of aromatic nitrogens is 2. The number of aryl methyl sites for hydroxylation is 2. The highest BCUT2D eigenvalue weighted by atomic mass is 16.5. The lowest BCUT2D eigenvalue weighted by molar-refractivity contribution is 0.0693. The van der Waals surface area contributed by atoms with Gasteiger partial charge in [0.2, 0.25) is 0 Å². The van der Waals surface area contributed by atoms with Gasteiger partial charge in [0.25, 0.3) is 11.5 Å². The molecule has 160 valence electrons. The molecule has 1 amide bonds. The van der Waals surface area contributed by atoms with E-state index < -0.39 is 11.9 Å². The highest BCUT2D eigenvalue weighted by Gasteiger charge is 2.10. The van der Waals surface area contributed by atoms with E-state index in [1.807, 2.05) is 24.3 Å². The summed E-state index contributed by atoms with van der Waals surface area (Å²) >= 11 is 0. The van der Waals surface area contributed by atoms with Crippen LogP contribution in [0.4, 0.5) is 0 Å². The Kier molecular flexibility index (Phi) is 5.78. The van der Waals surface area contributed by atoms with E-state index in [9.17, 15) is 14.4 Å². The van der Waals surface area contributed by atoms with Crippen molar-refractivity contribution in [2.45, 2.75) is 13.0 Å². The number of carboxylic acids is 1. The molecule has 0 unspecified atom stereocenters. The van der Waals surface area contributed by atoms with Crippen LogP contribution in [0.3, 0.4) is 0 Å². The Morgan fingerprint density at radius 1 is 0.938 bits per heavy atom. The first-order chi connectivity index (χ1) is 15.5. The van der Waals surface area contributed by atoms with Crippen LogP contribution in [0, 0.1) is 0 Å². The Morgan fingerprint density at radius 2 is 1.69 bits per heavy atom. The van der Waals surface area contributed by atoms with Gasteiger partial charge in [-0.1, -0.05) is 36.4 Å². The third-order valence-electron chi connectivity index (χ3n) is 5.22. The van der Waals surface area contributed by atoms with Crippen LogP contribution >= 0.6 is 0 Å². The summed E-state index contributed by atoms with van der Waals surface area (Å²) in [7, 11) is 0. The number of rotatable bonds is 6. The summed E-state index contributed by atoms with van der Waals surface area (Å²) in [5, 5.41) is 18.2. The van der Waals surface area contributed by atoms with Crippen molar-refractivity contribution in [2.24, 2.45) is 0 Å². The standard InChI is InChI=1S/C24H19N3O5/c28-22(26-32)19-8-9-21-20(13-19)23(29)27(14-25-21)11-10-15-2-1-3-18(12-15)16-4-6-17(7-5-16)24(30)31/h1-9,12-14,32H,10-11H2,(H,26,28)(H,30,31). The van der Waals surface area contributed by atoms with Gasteiger partial charge in [0.1, 0.15) is 0 Å². The summed E-state index contributed by atoms with van der Waals surface area (Å²) in [6.07, 6.45) is 2.05. The van der Waals surface area contributed by atoms with Gasteiger partial charge in [-0.15, -0.1) is 0 Å². The quantitative estimate of drug-likeness (QED) is 0.320. The Balaban J connectivity index is 1.56. The summed E-state index contributed by atoms with van der Waals surface area (Å²) in [5.41, 5.74) is 4.99. The first-order valence-corrected chi connectivity index (χ1v) is 9.82. The van der Waals surface area contributed by atoms with E-state index in [1.54, 1.807) is 35.8 Å². The zero-order valence-electron chi connectivity index (χ0n) is 16.9. The summed E-state index contributed by atoms with van der Waals surface area (Å²) in [6, 6.07) is 18.9. The molecule has 1 aromatic heterocycles. The van der Waals surface area contributed by atoms with Crippen molar-refractivity contribution < 1.29 is 19.9 Å². The van der Waals surface area contributed by atoms with Crippen molar-refractivity contribution in [3.05, 3.63) is 100 Å². The van der Waals surface area contributed by atoms with Crippen LogP contribution in [0.2, 0.25) is 0 Å². The fourth-order valence-corrected chi connectivity index (χ4v) is 3.49. The normalized spacial score (nSPS) is 10.8. The van der Waals surface area contributed by atoms with Crippen molar-refractivity contribution in [3.63, 3.8) is 0 Å². The van der Waals surface area contributed by atoms with Crippen LogP contribution in [-0.4, -0.2) is 31.7 Å². The highest BCUT2D eigenvalue weighted by Crippen LogP contribution is 2.21. The molecule has 0 radical (unpaired) electrons. The molecule has 0 fully saturated rings. The van der Waals surface area contributed by atoms with Crippen molar-refractivity contribution in [2.75, 3.05) is 0 Å². The number of aromatic carboxylic acids is 1. The third kappa shape index (κ3) is 4.26. The minimum atomic E-state index is -0.969. The molecule has 1 heterocycles. The van der Waals surface area contributed by atoms with E-state index in [1.165, 1.54) is 23.0 Å². The summed E-state index contributed by atoms with van der Waals surface area (Å²) in [6.45, 7) is 0.388. The van der Waals surface area contributed by atoms with E-state index in [0.717, 1.165) is 16.7 Å². The van der Waals surface area contributed by atoms with Crippen LogP contribution in [0.15, 0.2) is 77.9 Å². The molecular weight excluding hydrogens is 410 g/mol. The number of hydrogen-bond donors (Lipinski definition) is 3. The van der Waals surface area contributed by atoms with Gasteiger partial charge >= 0.3 is 5.97 Å². The van der Waals surface area contributed by atoms with Gasteiger partial charge in [-0.05, 0) is 53.4 Å². The smallest absolute Gasteiger partial charge is 0.335 e. The third-order valence-corrected chi connectivity index (χ3v) is 5.22. The molecule has 32 heavy (non-hydrogen) atoms. The maximum Gasteiger partial charge on any atom is 0.335 e. The van der Waals surface area contributed by atoms with Crippen molar-refractivity contribution in [1.82, 2.24) is 15.0 Å². The second-order valence-corrected chi connectivity index (χ2v) is 7.25. The first-order valence-electron chi connectivity index (χ1n) is 9.82. The molecule has 0 aliphatic heterocycles. The summed E-state index contributed by atoms with van der Waals surface area (Å²) < 4.78 is 1.48. The number of fused-ring (bicyclic) bond motifs is 1. The van der Waals surface area contributed by atoms with E-state index in [0.29, 0.717) is 23.9 Å². The molecule has 4 aromatic rings. The SMILES string of the molecule is O=C(O)c1ccc(-c2cccc(CCn3cnc4ccc(C(=O)NO)cc4c3=O)c2)cc1. The molecule has 0 saturated carbocycles. The van der Waals surface area contributed by atoms with Gasteiger partial charge in [-0.2, -0.15) is 0 Å². The molecule has 4 rings (SSSR count). The molecule has 0 bridgehead atoms. The number of carbonyl (C=O) groups excluding carboxylic acids is 1. The Hall–Kier alpha value is -4.30. The number of hydrogen-bond acceptors (Lipinski definition) is 5. The number of hydroxylamine groups is 1. The number of amides is 1. The molecule has 0 aliphatic carbocycles. The van der Waals surface area contributed by atoms with Gasteiger partial charge in [-0.3, -0.25) is 19.4 Å². The molecule has 0 aliphatic rings. The number of nitrogens with one attached hydrogen (secondary N) is 1. The van der Waals surface area contributed by atoms with E-state index in [2.05, 4.69) is 4.98 Å². The molecule has 0 atom stereocenters. The minimum Gasteiger partial charge on any atom is -0.478 e. The second-order valence-electron chi connectivity index (χ2n) is 7.25. The predicted molar refractivity (Wildman–Crippen MR) is 118 cm³/mol. The molecule has 3 aromatic carbocycles. The number of nitrogens with zero attached hydrogens (tertiary/aromatic N) is 2. The monoisotopic (exact) mass is 429 g/mol. The Morgan fingerprint density at radius 3 is 2.41 bits per heavy atom. The molecule has 8 nitrogen and oxygen atoms in total. The Bertz CT molecular complexity index is 1380. The average molecular weight is 429 g/mol. The summed E-state index contributed by atoms with van der Waals surface area (Å²) in [5.74, 6) is -1.67. The average Bonchev–Trinajstić information content (AvgIpc) is 2.83. The molecule has 8 heteroatoms. The van der Waals surface area contributed by atoms with Crippen molar-refractivity contribution >= 4 is 22.8 Å². The van der Waals surface area contributed by atoms with Crippen LogP contribution < -0.4 is 11.0 Å². The van der Waals surface area contributed by atoms with Crippen LogP contribution in [0.5, 0.6) is 0 Å². The number of carbonyl (C=O) groups is 2. The van der Waals surface area contributed by atoms with Crippen LogP contribution in [0.25, 0.3) is 22.0 Å². The van der Waals surface area contributed by atoms with E-state index in [4.69, 9.17) is 10.3 Å². The lowest BCUT2D eigenvalue weighted by atomic mass is 10.0. The van der Waals surface area contributed by atoms with Crippen molar-refractivity contribution in [3.8, 4) is 11.1 Å². The van der Waals surface area contributed by atoms with E-state index in [-0.39, 0.29) is 16.7 Å². The maximum absolute atomic E-state index is 12.9. The maximum atomic E-state index is 12.9. The lowest BCUT2D eigenvalue weighted by Gasteiger charge is -2.09. The van der Waals surface area contributed by atoms with E-state index >= 15 is 0 Å². The first kappa shape index (κ1) is 21.0. The highest BCUT2D eigenvalue weighted by molar-refractivity contribution is 5.97.